The standard InChI is InChI=1S/C18H15FN2OS2/c1-11-2-7-15(24-11)14-10-23-17(20-14)21-16(22)18(8-9-18)12-3-5-13(19)6-4-12/h2-7,10H,8-9H2,1H3,(H,20,21,22). The summed E-state index contributed by atoms with van der Waals surface area (Å²) < 4.78 is 13.1. The molecule has 1 fully saturated rings. The summed E-state index contributed by atoms with van der Waals surface area (Å²) in [5.41, 5.74) is 1.23. The Morgan fingerprint density at radius 2 is 1.96 bits per heavy atom. The van der Waals surface area contributed by atoms with Crippen molar-refractivity contribution < 1.29 is 9.18 Å². The summed E-state index contributed by atoms with van der Waals surface area (Å²) in [6, 6.07) is 10.3. The first-order valence-corrected chi connectivity index (χ1v) is 9.36. The van der Waals surface area contributed by atoms with Gasteiger partial charge in [0.15, 0.2) is 5.13 Å². The molecule has 1 N–H and O–H groups in total. The molecule has 1 aliphatic rings. The molecule has 4 rings (SSSR count). The van der Waals surface area contributed by atoms with E-state index in [0.29, 0.717) is 5.13 Å². The van der Waals surface area contributed by atoms with Crippen molar-refractivity contribution in [3.63, 3.8) is 0 Å². The summed E-state index contributed by atoms with van der Waals surface area (Å²) in [6.45, 7) is 2.06. The van der Waals surface area contributed by atoms with Crippen molar-refractivity contribution in [3.05, 3.63) is 58.0 Å². The molecule has 0 unspecified atom stereocenters. The molecule has 0 saturated heterocycles. The number of carbonyl (C=O) groups excluding carboxylic acids is 1. The fourth-order valence-corrected chi connectivity index (χ4v) is 4.38. The van der Waals surface area contributed by atoms with Crippen LogP contribution in [0.4, 0.5) is 9.52 Å². The molecule has 0 spiro atoms. The number of halogens is 1. The van der Waals surface area contributed by atoms with Gasteiger partial charge < -0.3 is 5.32 Å². The molecule has 1 amide bonds. The fraction of sp³-hybridized carbons (Fsp3) is 0.222. The van der Waals surface area contributed by atoms with Crippen molar-refractivity contribution in [2.24, 2.45) is 0 Å². The lowest BCUT2D eigenvalue weighted by Gasteiger charge is -2.14. The van der Waals surface area contributed by atoms with E-state index in [4.69, 9.17) is 0 Å². The summed E-state index contributed by atoms with van der Waals surface area (Å²) in [6.07, 6.45) is 1.57. The van der Waals surface area contributed by atoms with E-state index in [1.165, 1.54) is 28.3 Å². The second-order valence-corrected chi connectivity index (χ2v) is 8.14. The predicted octanol–water partition coefficient (Wildman–Crippen LogP) is 4.99. The fourth-order valence-electron chi connectivity index (χ4n) is 2.77. The summed E-state index contributed by atoms with van der Waals surface area (Å²) in [4.78, 5) is 19.6. The van der Waals surface area contributed by atoms with Gasteiger partial charge in [0, 0.05) is 10.3 Å². The molecule has 0 bridgehead atoms. The Labute approximate surface area is 147 Å². The van der Waals surface area contributed by atoms with Gasteiger partial charge in [-0.3, -0.25) is 4.79 Å². The quantitative estimate of drug-likeness (QED) is 0.714. The number of benzene rings is 1. The zero-order valence-corrected chi connectivity index (χ0v) is 14.6. The van der Waals surface area contributed by atoms with E-state index >= 15 is 0 Å². The Morgan fingerprint density at radius 3 is 2.58 bits per heavy atom. The maximum absolute atomic E-state index is 13.1. The SMILES string of the molecule is Cc1ccc(-c2csc(NC(=O)C3(c4ccc(F)cc4)CC3)n2)s1. The van der Waals surface area contributed by atoms with Gasteiger partial charge >= 0.3 is 0 Å². The number of anilines is 1. The molecule has 6 heteroatoms. The Kier molecular flexibility index (Phi) is 3.73. The number of rotatable bonds is 4. The minimum Gasteiger partial charge on any atom is -0.301 e. The first-order valence-electron chi connectivity index (χ1n) is 7.67. The van der Waals surface area contributed by atoms with Crippen LogP contribution in [-0.2, 0) is 10.2 Å². The highest BCUT2D eigenvalue weighted by atomic mass is 32.1. The molecule has 0 radical (unpaired) electrons. The van der Waals surface area contributed by atoms with E-state index in [2.05, 4.69) is 23.3 Å². The van der Waals surface area contributed by atoms with Crippen molar-refractivity contribution in [2.75, 3.05) is 5.32 Å². The molecule has 0 aliphatic heterocycles. The number of hydrogen-bond acceptors (Lipinski definition) is 4. The summed E-state index contributed by atoms with van der Waals surface area (Å²) in [5, 5.41) is 5.50. The third kappa shape index (κ3) is 2.76. The normalized spacial score (nSPS) is 15.2. The van der Waals surface area contributed by atoms with Crippen LogP contribution in [0.1, 0.15) is 23.3 Å². The zero-order chi connectivity index (χ0) is 16.7. The Morgan fingerprint density at radius 1 is 1.21 bits per heavy atom. The van der Waals surface area contributed by atoms with E-state index in [1.807, 2.05) is 11.4 Å². The highest BCUT2D eigenvalue weighted by Crippen LogP contribution is 2.49. The lowest BCUT2D eigenvalue weighted by molar-refractivity contribution is -0.118. The van der Waals surface area contributed by atoms with Gasteiger partial charge in [-0.2, -0.15) is 0 Å². The molecule has 1 aliphatic carbocycles. The maximum atomic E-state index is 13.1. The van der Waals surface area contributed by atoms with Crippen LogP contribution in [0.5, 0.6) is 0 Å². The van der Waals surface area contributed by atoms with E-state index in [9.17, 15) is 9.18 Å². The van der Waals surface area contributed by atoms with Crippen molar-refractivity contribution >= 4 is 33.7 Å². The lowest BCUT2D eigenvalue weighted by atomic mass is 9.95. The van der Waals surface area contributed by atoms with Crippen LogP contribution < -0.4 is 5.32 Å². The number of amides is 1. The molecule has 24 heavy (non-hydrogen) atoms. The third-order valence-corrected chi connectivity index (χ3v) is 6.08. The van der Waals surface area contributed by atoms with Crippen LogP contribution in [0.25, 0.3) is 10.6 Å². The molecule has 1 saturated carbocycles. The first-order chi connectivity index (χ1) is 11.6. The third-order valence-electron chi connectivity index (χ3n) is 4.30. The monoisotopic (exact) mass is 358 g/mol. The molecular weight excluding hydrogens is 343 g/mol. The first kappa shape index (κ1) is 15.5. The number of hydrogen-bond donors (Lipinski definition) is 1. The number of thiophene rings is 1. The summed E-state index contributed by atoms with van der Waals surface area (Å²) in [7, 11) is 0. The number of aryl methyl sites for hydroxylation is 1. The number of carbonyl (C=O) groups is 1. The molecule has 2 aromatic heterocycles. The average Bonchev–Trinajstić information content (AvgIpc) is 3.06. The van der Waals surface area contributed by atoms with Crippen molar-refractivity contribution in [1.82, 2.24) is 4.98 Å². The highest BCUT2D eigenvalue weighted by Gasteiger charge is 2.51. The Bertz CT molecular complexity index is 894. The largest absolute Gasteiger partial charge is 0.301 e. The van der Waals surface area contributed by atoms with E-state index in [0.717, 1.165) is 29.0 Å². The van der Waals surface area contributed by atoms with Crippen LogP contribution in [0, 0.1) is 12.7 Å². The second-order valence-electron chi connectivity index (χ2n) is 5.99. The lowest BCUT2D eigenvalue weighted by Crippen LogP contribution is -2.27. The molecule has 1 aromatic carbocycles. The van der Waals surface area contributed by atoms with Crippen molar-refractivity contribution in [3.8, 4) is 10.6 Å². The molecule has 3 aromatic rings. The van der Waals surface area contributed by atoms with Gasteiger partial charge in [-0.05, 0) is 49.6 Å². The zero-order valence-electron chi connectivity index (χ0n) is 13.0. The minimum absolute atomic E-state index is 0.0580. The van der Waals surface area contributed by atoms with E-state index < -0.39 is 5.41 Å². The molecule has 2 heterocycles. The van der Waals surface area contributed by atoms with Gasteiger partial charge in [0.2, 0.25) is 5.91 Å². The Balaban J connectivity index is 1.52. The van der Waals surface area contributed by atoms with Gasteiger partial charge in [-0.1, -0.05) is 12.1 Å². The minimum atomic E-state index is -0.529. The topological polar surface area (TPSA) is 42.0 Å². The molecular formula is C18H15FN2OS2. The smallest absolute Gasteiger partial charge is 0.236 e. The van der Waals surface area contributed by atoms with Crippen molar-refractivity contribution in [1.29, 1.82) is 0 Å². The summed E-state index contributed by atoms with van der Waals surface area (Å²) in [5.74, 6) is -0.344. The van der Waals surface area contributed by atoms with Crippen LogP contribution in [0.2, 0.25) is 0 Å². The molecule has 122 valence electrons. The molecule has 0 atom stereocenters. The van der Waals surface area contributed by atoms with Crippen LogP contribution in [0.15, 0.2) is 41.8 Å². The predicted molar refractivity (Wildman–Crippen MR) is 96.1 cm³/mol. The average molecular weight is 358 g/mol. The van der Waals surface area contributed by atoms with Crippen LogP contribution in [-0.4, -0.2) is 10.9 Å². The number of aromatic nitrogens is 1. The molecule has 3 nitrogen and oxygen atoms in total. The maximum Gasteiger partial charge on any atom is 0.236 e. The van der Waals surface area contributed by atoms with Gasteiger partial charge in [0.25, 0.3) is 0 Å². The van der Waals surface area contributed by atoms with Crippen LogP contribution in [0.3, 0.4) is 0 Å². The van der Waals surface area contributed by atoms with Crippen LogP contribution >= 0.6 is 22.7 Å². The van der Waals surface area contributed by atoms with Gasteiger partial charge in [0.05, 0.1) is 16.0 Å². The van der Waals surface area contributed by atoms with E-state index in [-0.39, 0.29) is 11.7 Å². The van der Waals surface area contributed by atoms with Crippen molar-refractivity contribution in [2.45, 2.75) is 25.2 Å². The van der Waals surface area contributed by atoms with E-state index in [1.54, 1.807) is 23.5 Å². The van der Waals surface area contributed by atoms with Gasteiger partial charge in [0.1, 0.15) is 5.82 Å². The number of nitrogens with one attached hydrogen (secondary N) is 1. The Hall–Kier alpha value is -2.05. The number of thiazole rings is 1. The number of nitrogens with zero attached hydrogens (tertiary/aromatic N) is 1. The highest BCUT2D eigenvalue weighted by molar-refractivity contribution is 7.17. The van der Waals surface area contributed by atoms with Gasteiger partial charge in [-0.25, -0.2) is 9.37 Å². The van der Waals surface area contributed by atoms with Gasteiger partial charge in [-0.15, -0.1) is 22.7 Å². The summed E-state index contributed by atoms with van der Waals surface area (Å²) >= 11 is 3.11. The second kappa shape index (κ2) is 5.79.